The van der Waals surface area contributed by atoms with Crippen molar-refractivity contribution in [2.24, 2.45) is 0 Å². The van der Waals surface area contributed by atoms with Gasteiger partial charge in [0, 0.05) is 22.1 Å². The quantitative estimate of drug-likeness (QED) is 0.762. The van der Waals surface area contributed by atoms with Crippen LogP contribution >= 0.6 is 23.2 Å². The molecule has 0 radical (unpaired) electrons. The maximum absolute atomic E-state index is 6.25. The molecule has 0 aliphatic carbocycles. The minimum absolute atomic E-state index is 0.135. The number of hydrogen-bond donors (Lipinski definition) is 1. The Morgan fingerprint density at radius 3 is 2.25 bits per heavy atom. The first-order valence-corrected chi connectivity index (χ1v) is 7.51. The maximum atomic E-state index is 6.25. The minimum Gasteiger partial charge on any atom is -0.304 e. The fourth-order valence-electron chi connectivity index (χ4n) is 2.47. The molecule has 106 valence electrons. The van der Waals surface area contributed by atoms with Crippen LogP contribution < -0.4 is 5.32 Å². The Bertz CT molecular complexity index is 595. The van der Waals surface area contributed by atoms with E-state index in [-0.39, 0.29) is 12.1 Å². The summed E-state index contributed by atoms with van der Waals surface area (Å²) in [5.74, 6) is 0. The summed E-state index contributed by atoms with van der Waals surface area (Å²) in [6.07, 6.45) is 0. The first-order valence-electron chi connectivity index (χ1n) is 6.75. The Morgan fingerprint density at radius 2 is 1.55 bits per heavy atom. The minimum atomic E-state index is 0.135. The topological polar surface area (TPSA) is 12.0 Å². The lowest BCUT2D eigenvalue weighted by molar-refractivity contribution is 0.493. The maximum Gasteiger partial charge on any atom is 0.0454 e. The predicted octanol–water partition coefficient (Wildman–Crippen LogP) is 5.71. The van der Waals surface area contributed by atoms with E-state index in [9.17, 15) is 0 Å². The van der Waals surface area contributed by atoms with Crippen LogP contribution in [0.15, 0.2) is 42.5 Å². The molecule has 2 rings (SSSR count). The zero-order valence-electron chi connectivity index (χ0n) is 12.0. The van der Waals surface area contributed by atoms with Crippen molar-refractivity contribution in [3.63, 3.8) is 0 Å². The molecule has 0 saturated heterocycles. The van der Waals surface area contributed by atoms with Gasteiger partial charge < -0.3 is 5.32 Å². The Kier molecular flexibility index (Phi) is 5.09. The van der Waals surface area contributed by atoms with E-state index in [1.54, 1.807) is 0 Å². The van der Waals surface area contributed by atoms with E-state index in [1.165, 1.54) is 11.1 Å². The van der Waals surface area contributed by atoms with Gasteiger partial charge in [0.15, 0.2) is 0 Å². The van der Waals surface area contributed by atoms with Crippen molar-refractivity contribution < 1.29 is 0 Å². The number of nitrogens with one attached hydrogen (secondary N) is 1. The van der Waals surface area contributed by atoms with E-state index in [0.717, 1.165) is 10.6 Å². The van der Waals surface area contributed by atoms with Gasteiger partial charge in [0.05, 0.1) is 0 Å². The second-order valence-corrected chi connectivity index (χ2v) is 5.98. The van der Waals surface area contributed by atoms with Crippen molar-refractivity contribution in [3.05, 3.63) is 69.2 Å². The van der Waals surface area contributed by atoms with Gasteiger partial charge in [0.2, 0.25) is 0 Å². The van der Waals surface area contributed by atoms with Crippen LogP contribution in [0.4, 0.5) is 0 Å². The average molecular weight is 308 g/mol. The highest BCUT2D eigenvalue weighted by atomic mass is 35.5. The number of halogens is 2. The molecule has 2 atom stereocenters. The third kappa shape index (κ3) is 3.54. The third-order valence-corrected chi connectivity index (χ3v) is 4.16. The second kappa shape index (κ2) is 6.62. The lowest BCUT2D eigenvalue weighted by atomic mass is 10.0. The van der Waals surface area contributed by atoms with Crippen molar-refractivity contribution in [1.82, 2.24) is 5.32 Å². The van der Waals surface area contributed by atoms with Crippen molar-refractivity contribution in [2.45, 2.75) is 32.9 Å². The molecule has 20 heavy (non-hydrogen) atoms. The van der Waals surface area contributed by atoms with Crippen LogP contribution in [-0.2, 0) is 0 Å². The van der Waals surface area contributed by atoms with Crippen LogP contribution in [-0.4, -0.2) is 0 Å². The molecule has 0 heterocycles. The summed E-state index contributed by atoms with van der Waals surface area (Å²) in [6, 6.07) is 14.4. The van der Waals surface area contributed by atoms with Gasteiger partial charge in [-0.05, 0) is 55.7 Å². The monoisotopic (exact) mass is 307 g/mol. The molecule has 0 aliphatic heterocycles. The molecule has 0 aromatic heterocycles. The van der Waals surface area contributed by atoms with E-state index in [4.69, 9.17) is 23.2 Å². The normalized spacial score (nSPS) is 14.1. The summed E-state index contributed by atoms with van der Waals surface area (Å²) in [7, 11) is 0. The SMILES string of the molecule is Cc1ccccc1[C@@H](C)NC(C)c1cc(Cl)ccc1Cl. The van der Waals surface area contributed by atoms with Crippen molar-refractivity contribution in [1.29, 1.82) is 0 Å². The third-order valence-electron chi connectivity index (χ3n) is 3.58. The molecule has 1 nitrogen and oxygen atoms in total. The number of benzene rings is 2. The van der Waals surface area contributed by atoms with Gasteiger partial charge in [0.1, 0.15) is 0 Å². The Balaban J connectivity index is 2.17. The molecule has 0 amide bonds. The predicted molar refractivity (Wildman–Crippen MR) is 87.6 cm³/mol. The Hall–Kier alpha value is -1.02. The molecule has 0 fully saturated rings. The molecular formula is C17H19Cl2N. The first-order chi connectivity index (χ1) is 9.49. The lowest BCUT2D eigenvalue weighted by Gasteiger charge is -2.23. The van der Waals surface area contributed by atoms with Gasteiger partial charge in [-0.15, -0.1) is 0 Å². The van der Waals surface area contributed by atoms with E-state index >= 15 is 0 Å². The zero-order valence-corrected chi connectivity index (χ0v) is 13.5. The van der Waals surface area contributed by atoms with Gasteiger partial charge in [0.25, 0.3) is 0 Å². The summed E-state index contributed by atoms with van der Waals surface area (Å²) < 4.78 is 0. The van der Waals surface area contributed by atoms with Crippen LogP contribution in [0.2, 0.25) is 10.0 Å². The molecule has 1 N–H and O–H groups in total. The number of aryl methyl sites for hydroxylation is 1. The number of rotatable bonds is 4. The van der Waals surface area contributed by atoms with Gasteiger partial charge >= 0.3 is 0 Å². The molecule has 2 aromatic rings. The van der Waals surface area contributed by atoms with Gasteiger partial charge in [-0.1, -0.05) is 47.5 Å². The highest BCUT2D eigenvalue weighted by molar-refractivity contribution is 6.33. The summed E-state index contributed by atoms with van der Waals surface area (Å²) in [4.78, 5) is 0. The lowest BCUT2D eigenvalue weighted by Crippen LogP contribution is -2.23. The molecule has 0 aliphatic rings. The van der Waals surface area contributed by atoms with Crippen molar-refractivity contribution in [3.8, 4) is 0 Å². The summed E-state index contributed by atoms with van der Waals surface area (Å²) in [5.41, 5.74) is 3.62. The van der Waals surface area contributed by atoms with Crippen LogP contribution in [0.5, 0.6) is 0 Å². The molecule has 0 spiro atoms. The highest BCUT2D eigenvalue weighted by Crippen LogP contribution is 2.28. The van der Waals surface area contributed by atoms with E-state index in [2.05, 4.69) is 50.4 Å². The first kappa shape index (κ1) is 15.4. The van der Waals surface area contributed by atoms with E-state index in [1.807, 2.05) is 18.2 Å². The fraction of sp³-hybridized carbons (Fsp3) is 0.294. The highest BCUT2D eigenvalue weighted by Gasteiger charge is 2.15. The standard InChI is InChI=1S/C17H19Cl2N/c1-11-6-4-5-7-15(11)12(2)20-13(3)16-10-14(18)8-9-17(16)19/h4-10,12-13,20H,1-3H3/t12-,13?/m1/s1. The van der Waals surface area contributed by atoms with E-state index < -0.39 is 0 Å². The number of hydrogen-bond acceptors (Lipinski definition) is 1. The van der Waals surface area contributed by atoms with Crippen LogP contribution in [0.1, 0.15) is 42.6 Å². The van der Waals surface area contributed by atoms with Crippen LogP contribution in [0.25, 0.3) is 0 Å². The summed E-state index contributed by atoms with van der Waals surface area (Å²) >= 11 is 12.3. The molecular weight excluding hydrogens is 289 g/mol. The summed E-state index contributed by atoms with van der Waals surface area (Å²) in [5, 5.41) is 5.03. The van der Waals surface area contributed by atoms with Crippen molar-refractivity contribution >= 4 is 23.2 Å². The zero-order chi connectivity index (χ0) is 14.7. The second-order valence-electron chi connectivity index (χ2n) is 5.13. The van der Waals surface area contributed by atoms with Crippen LogP contribution in [0.3, 0.4) is 0 Å². The Labute approximate surface area is 130 Å². The largest absolute Gasteiger partial charge is 0.304 e. The Morgan fingerprint density at radius 1 is 0.900 bits per heavy atom. The fourth-order valence-corrected chi connectivity index (χ4v) is 2.94. The summed E-state index contributed by atoms with van der Waals surface area (Å²) in [6.45, 7) is 6.40. The smallest absolute Gasteiger partial charge is 0.0454 e. The molecule has 2 aromatic carbocycles. The van der Waals surface area contributed by atoms with Gasteiger partial charge in [-0.25, -0.2) is 0 Å². The molecule has 3 heteroatoms. The van der Waals surface area contributed by atoms with Crippen molar-refractivity contribution in [2.75, 3.05) is 0 Å². The van der Waals surface area contributed by atoms with Gasteiger partial charge in [-0.2, -0.15) is 0 Å². The van der Waals surface area contributed by atoms with E-state index in [0.29, 0.717) is 5.02 Å². The molecule has 0 saturated carbocycles. The van der Waals surface area contributed by atoms with Gasteiger partial charge in [-0.3, -0.25) is 0 Å². The molecule has 0 bridgehead atoms. The molecule has 1 unspecified atom stereocenters. The average Bonchev–Trinajstić information content (AvgIpc) is 2.41. The van der Waals surface area contributed by atoms with Crippen LogP contribution in [0, 0.1) is 6.92 Å².